The lowest BCUT2D eigenvalue weighted by atomic mass is 9.49. The van der Waals surface area contributed by atoms with Gasteiger partial charge in [-0.05, 0) is 121 Å². The predicted octanol–water partition coefficient (Wildman–Crippen LogP) is 5.45. The van der Waals surface area contributed by atoms with Crippen LogP contribution >= 0.6 is 22.6 Å². The number of amides is 1. The summed E-state index contributed by atoms with van der Waals surface area (Å²) in [6.45, 7) is 4.19. The van der Waals surface area contributed by atoms with Gasteiger partial charge in [0.05, 0.1) is 0 Å². The molecule has 4 aliphatic carbocycles. The summed E-state index contributed by atoms with van der Waals surface area (Å²) in [5.41, 5.74) is 3.73. The van der Waals surface area contributed by atoms with Gasteiger partial charge in [0, 0.05) is 15.7 Å². The second-order valence-electron chi connectivity index (χ2n) is 8.56. The molecule has 2 nitrogen and oxygen atoms in total. The molecule has 1 aromatic rings. The normalized spacial score (nSPS) is 34.7. The molecule has 0 heterocycles. The molecule has 4 aliphatic rings. The number of hydrogen-bond donors (Lipinski definition) is 1. The first-order valence-corrected chi connectivity index (χ1v) is 10.1. The molecule has 4 saturated carbocycles. The SMILES string of the molecule is Cc1cc(NC(=O)CC23CC4CC(CC(C4)C2)C3)c(C)cc1I. The number of halogens is 1. The van der Waals surface area contributed by atoms with Gasteiger partial charge in [-0.25, -0.2) is 0 Å². The van der Waals surface area contributed by atoms with E-state index in [1.54, 1.807) is 0 Å². The molecular formula is C20H26INO. The second kappa shape index (κ2) is 5.75. The summed E-state index contributed by atoms with van der Waals surface area (Å²) in [6.07, 6.45) is 8.97. The van der Waals surface area contributed by atoms with Crippen molar-refractivity contribution in [2.24, 2.45) is 23.2 Å². The van der Waals surface area contributed by atoms with E-state index in [2.05, 4.69) is 53.9 Å². The summed E-state index contributed by atoms with van der Waals surface area (Å²) >= 11 is 2.36. The van der Waals surface area contributed by atoms with Crippen LogP contribution in [0.3, 0.4) is 0 Å². The van der Waals surface area contributed by atoms with Crippen molar-refractivity contribution in [3.05, 3.63) is 26.8 Å². The Bertz CT molecular complexity index is 616. The van der Waals surface area contributed by atoms with E-state index in [1.807, 2.05) is 0 Å². The highest BCUT2D eigenvalue weighted by Crippen LogP contribution is 2.61. The summed E-state index contributed by atoms with van der Waals surface area (Å²) in [5, 5.41) is 3.21. The molecule has 1 N–H and O–H groups in total. The third kappa shape index (κ3) is 3.06. The van der Waals surface area contributed by atoms with Crippen molar-refractivity contribution in [3.8, 4) is 0 Å². The number of nitrogens with one attached hydrogen (secondary N) is 1. The number of anilines is 1. The molecule has 4 fully saturated rings. The van der Waals surface area contributed by atoms with Crippen molar-refractivity contribution in [2.45, 2.75) is 58.8 Å². The number of rotatable bonds is 3. The van der Waals surface area contributed by atoms with Crippen molar-refractivity contribution in [2.75, 3.05) is 5.32 Å². The van der Waals surface area contributed by atoms with Crippen LogP contribution in [-0.4, -0.2) is 5.91 Å². The molecule has 0 saturated heterocycles. The van der Waals surface area contributed by atoms with Crippen LogP contribution in [0.1, 0.15) is 56.1 Å². The summed E-state index contributed by atoms with van der Waals surface area (Å²) < 4.78 is 1.26. The first kappa shape index (κ1) is 15.9. The van der Waals surface area contributed by atoms with Crippen LogP contribution in [-0.2, 0) is 4.79 Å². The highest BCUT2D eigenvalue weighted by atomic mass is 127. The molecule has 0 unspecified atom stereocenters. The van der Waals surface area contributed by atoms with Crippen LogP contribution in [0.25, 0.3) is 0 Å². The van der Waals surface area contributed by atoms with Crippen LogP contribution in [0.5, 0.6) is 0 Å². The lowest BCUT2D eigenvalue weighted by Crippen LogP contribution is -2.47. The number of hydrogen-bond acceptors (Lipinski definition) is 1. The number of benzene rings is 1. The van der Waals surface area contributed by atoms with Gasteiger partial charge in [-0.15, -0.1) is 0 Å². The van der Waals surface area contributed by atoms with Gasteiger partial charge >= 0.3 is 0 Å². The standard InChI is InChI=1S/C20H26INO/c1-12-4-18(13(2)3-17(12)21)22-19(23)11-20-8-14-5-15(9-20)7-16(6-14)10-20/h3-4,14-16H,5-11H2,1-2H3,(H,22,23). The van der Waals surface area contributed by atoms with Crippen LogP contribution < -0.4 is 5.32 Å². The van der Waals surface area contributed by atoms with Crippen LogP contribution in [0.4, 0.5) is 5.69 Å². The van der Waals surface area contributed by atoms with E-state index in [0.29, 0.717) is 5.41 Å². The summed E-state index contributed by atoms with van der Waals surface area (Å²) in [5.74, 6) is 2.97. The molecule has 0 atom stereocenters. The quantitative estimate of drug-likeness (QED) is 0.644. The van der Waals surface area contributed by atoms with E-state index in [0.717, 1.165) is 29.9 Å². The summed E-state index contributed by atoms with van der Waals surface area (Å²) in [6, 6.07) is 4.28. The number of aryl methyl sites for hydroxylation is 2. The van der Waals surface area contributed by atoms with Crippen molar-refractivity contribution in [1.82, 2.24) is 0 Å². The fraction of sp³-hybridized carbons (Fsp3) is 0.650. The minimum absolute atomic E-state index is 0.232. The zero-order valence-corrected chi connectivity index (χ0v) is 16.3. The highest BCUT2D eigenvalue weighted by Gasteiger charge is 2.51. The predicted molar refractivity (Wildman–Crippen MR) is 102 cm³/mol. The number of carbonyl (C=O) groups is 1. The molecular weight excluding hydrogens is 397 g/mol. The lowest BCUT2D eigenvalue weighted by Gasteiger charge is -2.56. The largest absolute Gasteiger partial charge is 0.326 e. The molecule has 1 amide bonds. The highest BCUT2D eigenvalue weighted by molar-refractivity contribution is 14.1. The Balaban J connectivity index is 1.47. The van der Waals surface area contributed by atoms with E-state index in [1.165, 1.54) is 53.2 Å². The Kier molecular flexibility index (Phi) is 3.98. The Morgan fingerprint density at radius 3 is 2.22 bits per heavy atom. The Hall–Kier alpha value is -0.580. The third-order valence-corrected chi connectivity index (χ3v) is 7.64. The fourth-order valence-electron chi connectivity index (χ4n) is 5.96. The molecule has 1 aromatic carbocycles. The molecule has 4 bridgehead atoms. The zero-order chi connectivity index (χ0) is 16.2. The molecule has 0 aromatic heterocycles. The minimum Gasteiger partial charge on any atom is -0.326 e. The van der Waals surface area contributed by atoms with E-state index < -0.39 is 0 Å². The molecule has 0 spiro atoms. The summed E-state index contributed by atoms with van der Waals surface area (Å²) in [4.78, 5) is 12.7. The molecule has 23 heavy (non-hydrogen) atoms. The maximum Gasteiger partial charge on any atom is 0.224 e. The van der Waals surface area contributed by atoms with Crippen molar-refractivity contribution >= 4 is 34.2 Å². The minimum atomic E-state index is 0.232. The first-order valence-electron chi connectivity index (χ1n) is 8.99. The maximum atomic E-state index is 12.7. The maximum absolute atomic E-state index is 12.7. The monoisotopic (exact) mass is 423 g/mol. The molecule has 5 rings (SSSR count). The van der Waals surface area contributed by atoms with Gasteiger partial charge in [0.1, 0.15) is 0 Å². The van der Waals surface area contributed by atoms with Gasteiger partial charge < -0.3 is 5.32 Å². The lowest BCUT2D eigenvalue weighted by molar-refractivity contribution is -0.124. The smallest absolute Gasteiger partial charge is 0.224 e. The summed E-state index contributed by atoms with van der Waals surface area (Å²) in [7, 11) is 0. The second-order valence-corrected chi connectivity index (χ2v) is 9.72. The first-order chi connectivity index (χ1) is 10.9. The Labute approximate surface area is 152 Å². The van der Waals surface area contributed by atoms with E-state index >= 15 is 0 Å². The Morgan fingerprint density at radius 1 is 1.09 bits per heavy atom. The molecule has 0 aliphatic heterocycles. The van der Waals surface area contributed by atoms with Gasteiger partial charge in [0.15, 0.2) is 0 Å². The van der Waals surface area contributed by atoms with E-state index in [9.17, 15) is 4.79 Å². The van der Waals surface area contributed by atoms with Crippen molar-refractivity contribution in [3.63, 3.8) is 0 Å². The van der Waals surface area contributed by atoms with E-state index in [4.69, 9.17) is 0 Å². The Morgan fingerprint density at radius 2 is 1.65 bits per heavy atom. The van der Waals surface area contributed by atoms with Gasteiger partial charge in [-0.1, -0.05) is 0 Å². The van der Waals surface area contributed by atoms with Gasteiger partial charge in [-0.2, -0.15) is 0 Å². The fourth-order valence-corrected chi connectivity index (χ4v) is 6.58. The molecule has 124 valence electrons. The number of carbonyl (C=O) groups excluding carboxylic acids is 1. The average Bonchev–Trinajstić information content (AvgIpc) is 2.42. The van der Waals surface area contributed by atoms with Crippen LogP contribution in [0.15, 0.2) is 12.1 Å². The topological polar surface area (TPSA) is 29.1 Å². The van der Waals surface area contributed by atoms with Crippen LogP contribution in [0, 0.1) is 40.6 Å². The van der Waals surface area contributed by atoms with Crippen LogP contribution in [0.2, 0.25) is 0 Å². The third-order valence-electron chi connectivity index (χ3n) is 6.48. The van der Waals surface area contributed by atoms with Gasteiger partial charge in [0.25, 0.3) is 0 Å². The van der Waals surface area contributed by atoms with Crippen molar-refractivity contribution in [1.29, 1.82) is 0 Å². The van der Waals surface area contributed by atoms with Gasteiger partial charge in [0.2, 0.25) is 5.91 Å². The van der Waals surface area contributed by atoms with Crippen molar-refractivity contribution < 1.29 is 4.79 Å². The zero-order valence-electron chi connectivity index (χ0n) is 14.1. The molecule has 0 radical (unpaired) electrons. The average molecular weight is 423 g/mol. The van der Waals surface area contributed by atoms with E-state index in [-0.39, 0.29) is 5.91 Å². The molecule has 3 heteroatoms. The van der Waals surface area contributed by atoms with Gasteiger partial charge in [-0.3, -0.25) is 4.79 Å².